The van der Waals surface area contributed by atoms with Crippen LogP contribution >= 0.6 is 23.2 Å². The number of rotatable bonds is 2. The van der Waals surface area contributed by atoms with E-state index in [1.54, 1.807) is 18.2 Å². The van der Waals surface area contributed by atoms with Gasteiger partial charge >= 0.3 is 11.8 Å². The maximum Gasteiger partial charge on any atom is 0.329 e. The molecule has 106 valence electrons. The van der Waals surface area contributed by atoms with E-state index in [1.807, 2.05) is 0 Å². The quantitative estimate of drug-likeness (QED) is 0.516. The van der Waals surface area contributed by atoms with E-state index in [1.165, 1.54) is 11.1 Å². The molecule has 0 atom stereocenters. The molecule has 0 aromatic heterocycles. The molecule has 0 radical (unpaired) electrons. The summed E-state index contributed by atoms with van der Waals surface area (Å²) in [6, 6.07) is 4.90. The van der Waals surface area contributed by atoms with Gasteiger partial charge in [-0.25, -0.2) is 5.43 Å². The Morgan fingerprint density at radius 3 is 2.60 bits per heavy atom. The van der Waals surface area contributed by atoms with E-state index in [4.69, 9.17) is 23.2 Å². The molecule has 0 saturated carbocycles. The van der Waals surface area contributed by atoms with Gasteiger partial charge in [0.05, 0.1) is 11.2 Å². The van der Waals surface area contributed by atoms with E-state index >= 15 is 0 Å². The lowest BCUT2D eigenvalue weighted by atomic mass is 10.2. The van der Waals surface area contributed by atoms with Crippen LogP contribution < -0.4 is 5.43 Å². The fourth-order valence-electron chi connectivity index (χ4n) is 1.88. The van der Waals surface area contributed by atoms with Crippen LogP contribution in [0.5, 0.6) is 0 Å². The van der Waals surface area contributed by atoms with Crippen molar-refractivity contribution in [3.05, 3.63) is 33.8 Å². The highest BCUT2D eigenvalue weighted by Gasteiger charge is 2.23. The number of hydrogen-bond acceptors (Lipinski definition) is 3. The molecule has 20 heavy (non-hydrogen) atoms. The standard InChI is InChI=1S/C13H13Cl2N3O2/c14-10-4-3-9(11(15)7-10)8-16-17-12(19)13(20)18-5-1-2-6-18/h3-4,7-8H,1-2,5-6H2,(H,17,19)/b16-8-. The van der Waals surface area contributed by atoms with Gasteiger partial charge in [-0.15, -0.1) is 0 Å². The molecule has 0 unspecified atom stereocenters. The third-order valence-electron chi connectivity index (χ3n) is 2.92. The fraction of sp³-hybridized carbons (Fsp3) is 0.308. The van der Waals surface area contributed by atoms with Gasteiger partial charge in [0, 0.05) is 23.7 Å². The van der Waals surface area contributed by atoms with Gasteiger partial charge in [-0.05, 0) is 25.0 Å². The first-order chi connectivity index (χ1) is 9.58. The minimum atomic E-state index is -0.742. The van der Waals surface area contributed by atoms with Gasteiger partial charge in [-0.3, -0.25) is 9.59 Å². The number of nitrogens with one attached hydrogen (secondary N) is 1. The molecule has 1 aromatic rings. The van der Waals surface area contributed by atoms with Crippen LogP contribution in [0, 0.1) is 0 Å². The van der Waals surface area contributed by atoms with Gasteiger partial charge in [0.15, 0.2) is 0 Å². The van der Waals surface area contributed by atoms with Crippen LogP contribution in [-0.2, 0) is 9.59 Å². The predicted molar refractivity (Wildman–Crippen MR) is 78.0 cm³/mol. The monoisotopic (exact) mass is 313 g/mol. The predicted octanol–water partition coefficient (Wildman–Crippen LogP) is 2.07. The number of hydrazone groups is 1. The van der Waals surface area contributed by atoms with Crippen molar-refractivity contribution in [1.82, 2.24) is 10.3 Å². The summed E-state index contributed by atoms with van der Waals surface area (Å²) in [7, 11) is 0. The SMILES string of the molecule is O=C(N/N=C\c1ccc(Cl)cc1Cl)C(=O)N1CCCC1. The first-order valence-corrected chi connectivity index (χ1v) is 6.91. The van der Waals surface area contributed by atoms with Gasteiger partial charge in [0.1, 0.15) is 0 Å². The number of likely N-dealkylation sites (tertiary alicyclic amines) is 1. The summed E-state index contributed by atoms with van der Waals surface area (Å²) >= 11 is 11.7. The van der Waals surface area contributed by atoms with Crippen molar-refractivity contribution in [3.63, 3.8) is 0 Å². The maximum absolute atomic E-state index is 11.7. The summed E-state index contributed by atoms with van der Waals surface area (Å²) in [5.41, 5.74) is 2.80. The number of hydrogen-bond donors (Lipinski definition) is 1. The Morgan fingerprint density at radius 1 is 1.25 bits per heavy atom. The summed E-state index contributed by atoms with van der Waals surface area (Å²) in [6.07, 6.45) is 3.24. The average Bonchev–Trinajstić information content (AvgIpc) is 2.94. The van der Waals surface area contributed by atoms with Crippen molar-refractivity contribution < 1.29 is 9.59 Å². The molecule has 0 bridgehead atoms. The normalized spacial score (nSPS) is 14.8. The number of carbonyl (C=O) groups excluding carboxylic acids is 2. The number of carbonyl (C=O) groups is 2. The van der Waals surface area contributed by atoms with Gasteiger partial charge in [-0.2, -0.15) is 5.10 Å². The zero-order chi connectivity index (χ0) is 14.5. The minimum absolute atomic E-state index is 0.418. The van der Waals surface area contributed by atoms with Crippen molar-refractivity contribution >= 4 is 41.2 Å². The highest BCUT2D eigenvalue weighted by atomic mass is 35.5. The molecule has 1 aromatic carbocycles. The molecule has 2 amide bonds. The molecule has 1 heterocycles. The van der Waals surface area contributed by atoms with Crippen molar-refractivity contribution in [1.29, 1.82) is 0 Å². The number of halogens is 2. The molecular formula is C13H13Cl2N3O2. The summed E-state index contributed by atoms with van der Waals surface area (Å²) in [5, 5.41) is 4.66. The second-order valence-electron chi connectivity index (χ2n) is 4.36. The average molecular weight is 314 g/mol. The van der Waals surface area contributed by atoms with Crippen molar-refractivity contribution in [2.24, 2.45) is 5.10 Å². The van der Waals surface area contributed by atoms with Crippen LogP contribution in [0.3, 0.4) is 0 Å². The Kier molecular flexibility index (Phi) is 4.98. The Hall–Kier alpha value is -1.59. The maximum atomic E-state index is 11.7. The van der Waals surface area contributed by atoms with Crippen molar-refractivity contribution in [2.45, 2.75) is 12.8 Å². The van der Waals surface area contributed by atoms with Gasteiger partial charge in [-0.1, -0.05) is 29.3 Å². The highest BCUT2D eigenvalue weighted by molar-refractivity contribution is 6.36. The third kappa shape index (κ3) is 3.71. The van der Waals surface area contributed by atoms with Crippen molar-refractivity contribution in [2.75, 3.05) is 13.1 Å². The number of benzene rings is 1. The zero-order valence-electron chi connectivity index (χ0n) is 10.6. The lowest BCUT2D eigenvalue weighted by molar-refractivity contribution is -0.145. The van der Waals surface area contributed by atoms with Crippen LogP contribution in [0.2, 0.25) is 10.0 Å². The van der Waals surface area contributed by atoms with Crippen LogP contribution in [0.15, 0.2) is 23.3 Å². The van der Waals surface area contributed by atoms with E-state index < -0.39 is 11.8 Å². The smallest absolute Gasteiger partial charge is 0.329 e. The molecule has 1 fully saturated rings. The Morgan fingerprint density at radius 2 is 1.95 bits per heavy atom. The van der Waals surface area contributed by atoms with Crippen molar-refractivity contribution in [3.8, 4) is 0 Å². The van der Waals surface area contributed by atoms with Crippen LogP contribution in [0.4, 0.5) is 0 Å². The first-order valence-electron chi connectivity index (χ1n) is 6.15. The summed E-state index contributed by atoms with van der Waals surface area (Å²) in [5.74, 6) is -1.30. The van der Waals surface area contributed by atoms with E-state index in [0.29, 0.717) is 28.7 Å². The van der Waals surface area contributed by atoms with Gasteiger partial charge < -0.3 is 4.90 Å². The second-order valence-corrected chi connectivity index (χ2v) is 5.21. The van der Waals surface area contributed by atoms with Gasteiger partial charge in [0.2, 0.25) is 0 Å². The van der Waals surface area contributed by atoms with E-state index in [-0.39, 0.29) is 0 Å². The lowest BCUT2D eigenvalue weighted by Crippen LogP contribution is -2.39. The zero-order valence-corrected chi connectivity index (χ0v) is 12.1. The largest absolute Gasteiger partial charge is 0.334 e. The first kappa shape index (κ1) is 14.8. The van der Waals surface area contributed by atoms with E-state index in [2.05, 4.69) is 10.5 Å². The molecule has 1 saturated heterocycles. The fourth-order valence-corrected chi connectivity index (χ4v) is 2.34. The van der Waals surface area contributed by atoms with Crippen LogP contribution in [-0.4, -0.2) is 36.0 Å². The van der Waals surface area contributed by atoms with Crippen LogP contribution in [0.25, 0.3) is 0 Å². The summed E-state index contributed by atoms with van der Waals surface area (Å²) in [4.78, 5) is 24.8. The molecule has 7 heteroatoms. The Labute approximate surface area is 126 Å². The van der Waals surface area contributed by atoms with Crippen LogP contribution in [0.1, 0.15) is 18.4 Å². The summed E-state index contributed by atoms with van der Waals surface area (Å²) in [6.45, 7) is 1.25. The van der Waals surface area contributed by atoms with Gasteiger partial charge in [0.25, 0.3) is 0 Å². The molecule has 2 rings (SSSR count). The topological polar surface area (TPSA) is 61.8 Å². The molecule has 5 nitrogen and oxygen atoms in total. The summed E-state index contributed by atoms with van der Waals surface area (Å²) < 4.78 is 0. The molecule has 1 aliphatic rings. The number of nitrogens with zero attached hydrogens (tertiary/aromatic N) is 2. The molecular weight excluding hydrogens is 301 g/mol. The molecule has 1 N–H and O–H groups in total. The minimum Gasteiger partial charge on any atom is -0.334 e. The van der Waals surface area contributed by atoms with E-state index in [0.717, 1.165) is 12.8 Å². The molecule has 0 aliphatic carbocycles. The lowest BCUT2D eigenvalue weighted by Gasteiger charge is -2.12. The molecule has 1 aliphatic heterocycles. The second kappa shape index (κ2) is 6.72. The highest BCUT2D eigenvalue weighted by Crippen LogP contribution is 2.19. The molecule has 0 spiro atoms. The Bertz CT molecular complexity index is 555. The Balaban J connectivity index is 1.92. The van der Waals surface area contributed by atoms with E-state index in [9.17, 15) is 9.59 Å². The third-order valence-corrected chi connectivity index (χ3v) is 3.48. The number of amides is 2.